The van der Waals surface area contributed by atoms with Crippen LogP contribution in [0.25, 0.3) is 0 Å². The van der Waals surface area contributed by atoms with E-state index in [1.807, 2.05) is 12.1 Å². The zero-order valence-electron chi connectivity index (χ0n) is 12.3. The van der Waals surface area contributed by atoms with E-state index in [0.29, 0.717) is 0 Å². The summed E-state index contributed by atoms with van der Waals surface area (Å²) in [5, 5.41) is 3.56. The quantitative estimate of drug-likeness (QED) is 0.802. The highest BCUT2D eigenvalue weighted by atomic mass is 16.5. The Morgan fingerprint density at radius 3 is 2.58 bits per heavy atom. The molecule has 1 unspecified atom stereocenters. The minimum Gasteiger partial charge on any atom is -0.399 e. The molecule has 2 rings (SSSR count). The van der Waals surface area contributed by atoms with E-state index in [1.54, 1.807) is 0 Å². The van der Waals surface area contributed by atoms with E-state index >= 15 is 0 Å². The number of hydrogen-bond acceptors (Lipinski definition) is 3. The van der Waals surface area contributed by atoms with Crippen molar-refractivity contribution in [1.82, 2.24) is 5.32 Å². The molecule has 1 saturated heterocycles. The predicted octanol–water partition coefficient (Wildman–Crippen LogP) is 2.71. The third-order valence-corrected chi connectivity index (χ3v) is 4.06. The van der Waals surface area contributed by atoms with Crippen molar-refractivity contribution in [3.05, 3.63) is 29.8 Å². The van der Waals surface area contributed by atoms with Crippen LogP contribution in [0.3, 0.4) is 0 Å². The maximum Gasteiger partial charge on any atom is 0.0779 e. The second-order valence-corrected chi connectivity index (χ2v) is 6.51. The van der Waals surface area contributed by atoms with Crippen LogP contribution in [0.15, 0.2) is 24.3 Å². The molecule has 19 heavy (non-hydrogen) atoms. The highest BCUT2D eigenvalue weighted by Gasteiger charge is 2.30. The number of nitrogens with two attached hydrogens (primary N) is 1. The largest absolute Gasteiger partial charge is 0.399 e. The van der Waals surface area contributed by atoms with E-state index in [1.165, 1.54) is 12.0 Å². The van der Waals surface area contributed by atoms with E-state index in [4.69, 9.17) is 10.5 Å². The van der Waals surface area contributed by atoms with Gasteiger partial charge in [-0.1, -0.05) is 26.0 Å². The van der Waals surface area contributed by atoms with E-state index in [-0.39, 0.29) is 11.0 Å². The molecule has 1 heterocycles. The summed E-state index contributed by atoms with van der Waals surface area (Å²) >= 11 is 0. The first-order chi connectivity index (χ1) is 8.91. The standard InChI is InChI=1S/C16H26N2O/c1-15(2,13-5-7-14(17)8-6-13)11-18-12-16(3)9-4-10-19-16/h5-8,18H,4,9-12,17H2,1-3H3. The molecule has 106 valence electrons. The lowest BCUT2D eigenvalue weighted by Crippen LogP contribution is -2.42. The lowest BCUT2D eigenvalue weighted by atomic mass is 9.84. The first kappa shape index (κ1) is 14.4. The fourth-order valence-electron chi connectivity index (χ4n) is 2.65. The summed E-state index contributed by atoms with van der Waals surface area (Å²) in [4.78, 5) is 0. The molecule has 1 aromatic carbocycles. The van der Waals surface area contributed by atoms with Crippen molar-refractivity contribution >= 4 is 5.69 Å². The number of ether oxygens (including phenoxy) is 1. The molecule has 1 aromatic rings. The van der Waals surface area contributed by atoms with Crippen molar-refractivity contribution in [3.8, 4) is 0 Å². The van der Waals surface area contributed by atoms with Gasteiger partial charge in [0.15, 0.2) is 0 Å². The Bertz CT molecular complexity index is 405. The number of benzene rings is 1. The van der Waals surface area contributed by atoms with Crippen molar-refractivity contribution in [1.29, 1.82) is 0 Å². The van der Waals surface area contributed by atoms with Crippen LogP contribution in [0.4, 0.5) is 5.69 Å². The van der Waals surface area contributed by atoms with Crippen molar-refractivity contribution in [2.45, 2.75) is 44.6 Å². The molecule has 0 bridgehead atoms. The zero-order valence-corrected chi connectivity index (χ0v) is 12.3. The third kappa shape index (κ3) is 3.71. The van der Waals surface area contributed by atoms with Gasteiger partial charge in [0.05, 0.1) is 5.60 Å². The van der Waals surface area contributed by atoms with Gasteiger partial charge in [-0.25, -0.2) is 0 Å². The van der Waals surface area contributed by atoms with Crippen LogP contribution < -0.4 is 11.1 Å². The first-order valence-corrected chi connectivity index (χ1v) is 7.12. The van der Waals surface area contributed by atoms with Gasteiger partial charge in [0, 0.05) is 30.8 Å². The topological polar surface area (TPSA) is 47.3 Å². The SMILES string of the molecule is CC1(CNCC(C)(C)c2ccc(N)cc2)CCCO1. The molecule has 3 N–H and O–H groups in total. The van der Waals surface area contributed by atoms with Crippen LogP contribution in [-0.2, 0) is 10.2 Å². The Labute approximate surface area is 116 Å². The van der Waals surface area contributed by atoms with Crippen LogP contribution >= 0.6 is 0 Å². The van der Waals surface area contributed by atoms with Gasteiger partial charge >= 0.3 is 0 Å². The predicted molar refractivity (Wildman–Crippen MR) is 80.3 cm³/mol. The molecule has 0 saturated carbocycles. The maximum atomic E-state index is 5.80. The average Bonchev–Trinajstić information content (AvgIpc) is 2.76. The van der Waals surface area contributed by atoms with Crippen LogP contribution in [0.1, 0.15) is 39.2 Å². The first-order valence-electron chi connectivity index (χ1n) is 7.12. The summed E-state index contributed by atoms with van der Waals surface area (Å²) in [5.74, 6) is 0. The Balaban J connectivity index is 1.88. The van der Waals surface area contributed by atoms with Crippen molar-refractivity contribution in [2.75, 3.05) is 25.4 Å². The molecule has 0 radical (unpaired) electrons. The number of rotatable bonds is 5. The van der Waals surface area contributed by atoms with E-state index < -0.39 is 0 Å². The Kier molecular flexibility index (Phi) is 4.16. The Morgan fingerprint density at radius 1 is 1.32 bits per heavy atom. The minimum absolute atomic E-state index is 0.0250. The van der Waals surface area contributed by atoms with E-state index in [9.17, 15) is 0 Å². The summed E-state index contributed by atoms with van der Waals surface area (Å²) in [6.07, 6.45) is 2.34. The third-order valence-electron chi connectivity index (χ3n) is 4.06. The lowest BCUT2D eigenvalue weighted by Gasteiger charge is -2.29. The molecule has 1 aliphatic rings. The van der Waals surface area contributed by atoms with Crippen molar-refractivity contribution < 1.29 is 4.74 Å². The second-order valence-electron chi connectivity index (χ2n) is 6.51. The maximum absolute atomic E-state index is 5.80. The summed E-state index contributed by atoms with van der Waals surface area (Å²) in [5.41, 5.74) is 7.99. The molecular formula is C16H26N2O. The highest BCUT2D eigenvalue weighted by Crippen LogP contribution is 2.26. The number of hydrogen-bond donors (Lipinski definition) is 2. The molecule has 0 aliphatic carbocycles. The summed E-state index contributed by atoms with van der Waals surface area (Å²) in [6, 6.07) is 8.17. The normalized spacial score (nSPS) is 23.7. The molecule has 0 aromatic heterocycles. The van der Waals surface area contributed by atoms with Gasteiger partial charge in [-0.05, 0) is 37.5 Å². The van der Waals surface area contributed by atoms with Crippen molar-refractivity contribution in [2.24, 2.45) is 0 Å². The number of nitrogen functional groups attached to an aromatic ring is 1. The lowest BCUT2D eigenvalue weighted by molar-refractivity contribution is 0.0202. The highest BCUT2D eigenvalue weighted by molar-refractivity contribution is 5.41. The van der Waals surface area contributed by atoms with Gasteiger partial charge in [0.1, 0.15) is 0 Å². The Hall–Kier alpha value is -1.06. The molecule has 3 heteroatoms. The molecule has 1 aliphatic heterocycles. The van der Waals surface area contributed by atoms with Crippen LogP contribution in [0.2, 0.25) is 0 Å². The van der Waals surface area contributed by atoms with Gasteiger partial charge in [0.25, 0.3) is 0 Å². The summed E-state index contributed by atoms with van der Waals surface area (Å²) < 4.78 is 5.80. The molecular weight excluding hydrogens is 236 g/mol. The van der Waals surface area contributed by atoms with Gasteiger partial charge in [-0.15, -0.1) is 0 Å². The van der Waals surface area contributed by atoms with E-state index in [2.05, 4.69) is 38.2 Å². The smallest absolute Gasteiger partial charge is 0.0779 e. The molecule has 1 fully saturated rings. The van der Waals surface area contributed by atoms with Gasteiger partial charge in [-0.3, -0.25) is 0 Å². The fraction of sp³-hybridized carbons (Fsp3) is 0.625. The summed E-state index contributed by atoms with van der Waals surface area (Å²) in [7, 11) is 0. The van der Waals surface area contributed by atoms with Gasteiger partial charge in [-0.2, -0.15) is 0 Å². The molecule has 0 amide bonds. The Morgan fingerprint density at radius 2 is 2.00 bits per heavy atom. The number of anilines is 1. The molecule has 0 spiro atoms. The molecule has 3 nitrogen and oxygen atoms in total. The molecule has 1 atom stereocenters. The van der Waals surface area contributed by atoms with Crippen LogP contribution in [0, 0.1) is 0 Å². The zero-order chi connectivity index (χ0) is 13.9. The fourth-order valence-corrected chi connectivity index (χ4v) is 2.65. The number of nitrogens with one attached hydrogen (secondary N) is 1. The average molecular weight is 262 g/mol. The van der Waals surface area contributed by atoms with Gasteiger partial charge in [0.2, 0.25) is 0 Å². The minimum atomic E-state index is 0.0250. The van der Waals surface area contributed by atoms with Crippen LogP contribution in [0.5, 0.6) is 0 Å². The summed E-state index contributed by atoms with van der Waals surface area (Å²) in [6.45, 7) is 9.47. The van der Waals surface area contributed by atoms with Crippen LogP contribution in [-0.4, -0.2) is 25.3 Å². The van der Waals surface area contributed by atoms with Crippen molar-refractivity contribution in [3.63, 3.8) is 0 Å². The van der Waals surface area contributed by atoms with E-state index in [0.717, 1.165) is 31.8 Å². The van der Waals surface area contributed by atoms with Gasteiger partial charge < -0.3 is 15.8 Å². The monoisotopic (exact) mass is 262 g/mol. The second kappa shape index (κ2) is 5.51.